The van der Waals surface area contributed by atoms with E-state index in [0.717, 1.165) is 46.3 Å². The van der Waals surface area contributed by atoms with Crippen molar-refractivity contribution in [2.75, 3.05) is 19.0 Å². The number of aromatic nitrogens is 2. The normalized spacial score (nSPS) is 17.1. The monoisotopic (exact) mass is 661 g/mol. The number of ether oxygens (including phenoxy) is 1. The lowest BCUT2D eigenvalue weighted by Gasteiger charge is -2.20. The predicted molar refractivity (Wildman–Crippen MR) is 179 cm³/mol. The molecule has 46 heavy (non-hydrogen) atoms. The molecule has 1 saturated heterocycles. The van der Waals surface area contributed by atoms with Crippen molar-refractivity contribution in [3.05, 3.63) is 102 Å². The molecule has 3 aromatic carbocycles. The average Bonchev–Trinajstić information content (AvgIpc) is 3.66. The molecule has 2 atom stereocenters. The van der Waals surface area contributed by atoms with Crippen LogP contribution in [0.3, 0.4) is 0 Å². The zero-order valence-electron chi connectivity index (χ0n) is 25.6. The Labute approximate surface area is 275 Å². The van der Waals surface area contributed by atoms with Crippen LogP contribution in [0.2, 0.25) is 10.0 Å². The van der Waals surface area contributed by atoms with Gasteiger partial charge in [0.05, 0.1) is 22.8 Å². The number of hydrogen-bond donors (Lipinski definition) is 3. The number of fused-ring (bicyclic) bond motifs is 1. The van der Waals surface area contributed by atoms with Crippen LogP contribution in [0.5, 0.6) is 5.75 Å². The van der Waals surface area contributed by atoms with E-state index in [-0.39, 0.29) is 34.3 Å². The first-order chi connectivity index (χ1) is 22.1. The van der Waals surface area contributed by atoms with Crippen molar-refractivity contribution in [2.24, 2.45) is 14.1 Å². The third kappa shape index (κ3) is 5.84. The molecule has 3 N–H and O–H groups in total. The van der Waals surface area contributed by atoms with Gasteiger partial charge in [-0.1, -0.05) is 59.6 Å². The topological polar surface area (TPSA) is 123 Å². The summed E-state index contributed by atoms with van der Waals surface area (Å²) in [6.45, 7) is 0.705. The molecule has 0 spiro atoms. The van der Waals surface area contributed by atoms with Crippen molar-refractivity contribution < 1.29 is 14.3 Å². The highest BCUT2D eigenvalue weighted by molar-refractivity contribution is 6.39. The molecule has 1 aliphatic carbocycles. The smallest absolute Gasteiger partial charge is 0.330 e. The number of hydrogen-bond acceptors (Lipinski definition) is 6. The number of carbonyl (C=O) groups is 2. The Bertz CT molecular complexity index is 2000. The second kappa shape index (κ2) is 12.8. The van der Waals surface area contributed by atoms with Crippen molar-refractivity contribution in [2.45, 2.75) is 37.8 Å². The van der Waals surface area contributed by atoms with Gasteiger partial charge in [0.2, 0.25) is 5.91 Å². The molecule has 1 aromatic heterocycles. The molecular weight excluding hydrogens is 629 g/mol. The number of anilines is 1. The molecule has 238 valence electrons. The van der Waals surface area contributed by atoms with Gasteiger partial charge in [-0.05, 0) is 42.5 Å². The van der Waals surface area contributed by atoms with E-state index in [2.05, 4.69) is 22.0 Å². The minimum atomic E-state index is -0.710. The fraction of sp³-hybridized carbons (Fsp3) is 0.294. The summed E-state index contributed by atoms with van der Waals surface area (Å²) >= 11 is 13.9. The van der Waals surface area contributed by atoms with Gasteiger partial charge < -0.3 is 25.3 Å². The number of carbonyl (C=O) groups excluding carboxylic acids is 2. The Balaban J connectivity index is 1.29. The van der Waals surface area contributed by atoms with Crippen LogP contribution in [-0.4, -0.2) is 40.6 Å². The van der Waals surface area contributed by atoms with E-state index in [4.69, 9.17) is 27.9 Å². The number of nitrogens with one attached hydrogen (secondary N) is 3. The second-order valence-corrected chi connectivity index (χ2v) is 12.4. The summed E-state index contributed by atoms with van der Waals surface area (Å²) in [7, 11) is 4.44. The van der Waals surface area contributed by atoms with Crippen LogP contribution < -0.4 is 31.9 Å². The van der Waals surface area contributed by atoms with E-state index in [1.807, 2.05) is 24.3 Å². The Morgan fingerprint density at radius 2 is 1.70 bits per heavy atom. The van der Waals surface area contributed by atoms with Gasteiger partial charge in [0, 0.05) is 67.6 Å². The molecule has 2 aliphatic rings. The molecule has 0 radical (unpaired) electrons. The van der Waals surface area contributed by atoms with Gasteiger partial charge in [0.25, 0.3) is 11.5 Å². The number of methoxy groups -OCH3 is 1. The summed E-state index contributed by atoms with van der Waals surface area (Å²) in [4.78, 5) is 49.4. The molecule has 1 aliphatic heterocycles. The maximum atomic E-state index is 13.1. The summed E-state index contributed by atoms with van der Waals surface area (Å²) in [5.74, 6) is 0.180. The molecular formula is C34H33Cl2N5O5. The van der Waals surface area contributed by atoms with Crippen LogP contribution in [0.25, 0.3) is 22.3 Å². The quantitative estimate of drug-likeness (QED) is 0.248. The van der Waals surface area contributed by atoms with Crippen LogP contribution in [-0.2, 0) is 25.3 Å². The highest BCUT2D eigenvalue weighted by Crippen LogP contribution is 2.45. The van der Waals surface area contributed by atoms with Crippen molar-refractivity contribution in [3.63, 3.8) is 0 Å². The maximum absolute atomic E-state index is 13.1. The van der Waals surface area contributed by atoms with E-state index in [0.29, 0.717) is 29.1 Å². The summed E-state index contributed by atoms with van der Waals surface area (Å²) in [5.41, 5.74) is 4.10. The van der Waals surface area contributed by atoms with Gasteiger partial charge in [-0.15, -0.1) is 0 Å². The molecule has 6 rings (SSSR count). The number of benzene rings is 3. The summed E-state index contributed by atoms with van der Waals surface area (Å²) in [5, 5.41) is 10.1. The van der Waals surface area contributed by atoms with Gasteiger partial charge in [-0.25, -0.2) is 4.79 Å². The third-order valence-electron chi connectivity index (χ3n) is 8.73. The third-order valence-corrected chi connectivity index (χ3v) is 9.55. The lowest BCUT2D eigenvalue weighted by atomic mass is 9.95. The maximum Gasteiger partial charge on any atom is 0.330 e. The number of nitrogens with zero attached hydrogens (tertiary/aromatic N) is 2. The highest BCUT2D eigenvalue weighted by atomic mass is 35.5. The first-order valence-electron chi connectivity index (χ1n) is 15.0. The van der Waals surface area contributed by atoms with Gasteiger partial charge in [-0.3, -0.25) is 19.0 Å². The molecule has 2 heterocycles. The fourth-order valence-electron chi connectivity index (χ4n) is 6.33. The van der Waals surface area contributed by atoms with Crippen LogP contribution in [0.1, 0.15) is 46.8 Å². The minimum absolute atomic E-state index is 0.103. The molecule has 2 amide bonds. The van der Waals surface area contributed by atoms with Crippen molar-refractivity contribution in [1.29, 1.82) is 0 Å². The number of rotatable bonds is 8. The van der Waals surface area contributed by atoms with E-state index >= 15 is 0 Å². The van der Waals surface area contributed by atoms with Gasteiger partial charge in [-0.2, -0.15) is 0 Å². The molecule has 0 bridgehead atoms. The number of amides is 2. The van der Waals surface area contributed by atoms with Gasteiger partial charge >= 0.3 is 5.69 Å². The lowest BCUT2D eigenvalue weighted by molar-refractivity contribution is -0.119. The average molecular weight is 663 g/mol. The highest BCUT2D eigenvalue weighted by Gasteiger charge is 2.29. The summed E-state index contributed by atoms with van der Waals surface area (Å²) in [6.07, 6.45) is 4.41. The minimum Gasteiger partial charge on any atom is -0.496 e. The van der Waals surface area contributed by atoms with Crippen molar-refractivity contribution in [1.82, 2.24) is 19.8 Å². The molecule has 2 unspecified atom stereocenters. The van der Waals surface area contributed by atoms with Crippen LogP contribution >= 0.6 is 23.2 Å². The Morgan fingerprint density at radius 3 is 2.41 bits per heavy atom. The van der Waals surface area contributed by atoms with Crippen LogP contribution in [0, 0.1) is 0 Å². The molecule has 4 aromatic rings. The zero-order chi connectivity index (χ0) is 32.7. The molecule has 12 heteroatoms. The van der Waals surface area contributed by atoms with Crippen LogP contribution in [0.4, 0.5) is 5.69 Å². The number of aryl methyl sites for hydroxylation is 2. The second-order valence-electron chi connectivity index (χ2n) is 11.6. The first-order valence-corrected chi connectivity index (χ1v) is 15.7. The SMILES string of the molecule is COc1cc(-c2cccc(-c3cccc(NC(=O)c4cn(C)c(=O)n(C)c4=O)c3Cl)c2Cl)cc2c1C(NCC1CCC(=O)N1)CC2. The van der Waals surface area contributed by atoms with Gasteiger partial charge in [0.15, 0.2) is 0 Å². The summed E-state index contributed by atoms with van der Waals surface area (Å²) < 4.78 is 7.92. The lowest BCUT2D eigenvalue weighted by Crippen LogP contribution is -2.40. The number of halogens is 2. The standard InChI is InChI=1S/C34H33Cl2N5O5/c1-40-17-24(33(44)41(2)34(40)45)32(43)39-26-9-5-8-23(31(26)36)22-7-4-6-21(30(22)35)19-14-18-10-12-25(29(18)27(15-19)46-3)37-16-20-11-13-28(42)38-20/h4-9,14-15,17,20,25,37H,10-13,16H2,1-3H3,(H,38,42)(H,39,43). The summed E-state index contributed by atoms with van der Waals surface area (Å²) in [6, 6.07) is 15.3. The van der Waals surface area contributed by atoms with E-state index in [1.54, 1.807) is 25.3 Å². The predicted octanol–water partition coefficient (Wildman–Crippen LogP) is 4.84. The fourth-order valence-corrected chi connectivity index (χ4v) is 6.94. The van der Waals surface area contributed by atoms with E-state index < -0.39 is 17.2 Å². The van der Waals surface area contributed by atoms with E-state index in [9.17, 15) is 19.2 Å². The van der Waals surface area contributed by atoms with Crippen LogP contribution in [0.15, 0.2) is 64.3 Å². The molecule has 1 fully saturated rings. The largest absolute Gasteiger partial charge is 0.496 e. The van der Waals surface area contributed by atoms with Gasteiger partial charge in [0.1, 0.15) is 11.3 Å². The Hall–Kier alpha value is -4.38. The first kappa shape index (κ1) is 31.6. The Kier molecular flexibility index (Phi) is 8.78. The zero-order valence-corrected chi connectivity index (χ0v) is 27.1. The van der Waals surface area contributed by atoms with E-state index in [1.165, 1.54) is 30.4 Å². The van der Waals surface area contributed by atoms with Crippen molar-refractivity contribution in [3.8, 4) is 28.0 Å². The van der Waals surface area contributed by atoms with Crippen molar-refractivity contribution >= 4 is 40.7 Å². The Morgan fingerprint density at radius 1 is 0.978 bits per heavy atom. The molecule has 10 nitrogen and oxygen atoms in total. The molecule has 0 saturated carbocycles.